The first-order valence-corrected chi connectivity index (χ1v) is 10.5. The summed E-state index contributed by atoms with van der Waals surface area (Å²) in [5.74, 6) is 0.0424. The Bertz CT molecular complexity index is 1340. The Balaban J connectivity index is 1.34. The van der Waals surface area contributed by atoms with E-state index in [1.165, 1.54) is 0 Å². The van der Waals surface area contributed by atoms with Crippen molar-refractivity contribution in [2.24, 2.45) is 0 Å². The second-order valence-corrected chi connectivity index (χ2v) is 7.94. The minimum Gasteiger partial charge on any atom is -0.472 e. The van der Waals surface area contributed by atoms with Crippen molar-refractivity contribution in [2.75, 3.05) is 10.6 Å². The van der Waals surface area contributed by atoms with Crippen molar-refractivity contribution < 1.29 is 14.0 Å². The van der Waals surface area contributed by atoms with Crippen LogP contribution in [0.5, 0.6) is 0 Å². The second-order valence-electron chi connectivity index (χ2n) is 7.50. The molecule has 164 valence electrons. The molecule has 5 rings (SSSR count). The van der Waals surface area contributed by atoms with Crippen LogP contribution in [0.25, 0.3) is 11.3 Å². The molecule has 0 saturated carbocycles. The third-order valence-electron chi connectivity index (χ3n) is 5.16. The zero-order chi connectivity index (χ0) is 22.8. The van der Waals surface area contributed by atoms with Crippen LogP contribution in [-0.2, 0) is 17.8 Å². The number of fused-ring (bicyclic) bond motifs is 3. The maximum atomic E-state index is 12.3. The number of amides is 2. The zero-order valence-corrected chi connectivity index (χ0v) is 18.0. The Morgan fingerprint density at radius 2 is 2.00 bits per heavy atom. The first kappa shape index (κ1) is 20.7. The molecule has 0 fully saturated rings. The van der Waals surface area contributed by atoms with E-state index in [1.54, 1.807) is 61.2 Å². The van der Waals surface area contributed by atoms with Crippen LogP contribution in [0.2, 0.25) is 5.02 Å². The van der Waals surface area contributed by atoms with Crippen LogP contribution in [-0.4, -0.2) is 21.8 Å². The van der Waals surface area contributed by atoms with E-state index in [9.17, 15) is 9.59 Å². The summed E-state index contributed by atoms with van der Waals surface area (Å²) in [6.07, 6.45) is 4.97. The van der Waals surface area contributed by atoms with Crippen molar-refractivity contribution in [3.8, 4) is 11.3 Å². The van der Waals surface area contributed by atoms with E-state index >= 15 is 0 Å². The molecule has 2 amide bonds. The van der Waals surface area contributed by atoms with Gasteiger partial charge in [-0.2, -0.15) is 0 Å². The number of hydrogen-bond donors (Lipinski definition) is 3. The summed E-state index contributed by atoms with van der Waals surface area (Å²) in [6.45, 7) is 0.391. The van der Waals surface area contributed by atoms with Crippen molar-refractivity contribution in [2.45, 2.75) is 13.0 Å². The minimum absolute atomic E-state index is 0.150. The summed E-state index contributed by atoms with van der Waals surface area (Å²) in [7, 11) is 0. The molecule has 0 atom stereocenters. The molecule has 0 aliphatic carbocycles. The van der Waals surface area contributed by atoms with E-state index in [2.05, 4.69) is 25.9 Å². The number of nitrogens with one attached hydrogen (secondary N) is 3. The van der Waals surface area contributed by atoms with Gasteiger partial charge in [-0.3, -0.25) is 9.59 Å². The molecule has 0 spiro atoms. The third-order valence-corrected chi connectivity index (χ3v) is 5.40. The van der Waals surface area contributed by atoms with Gasteiger partial charge in [0, 0.05) is 45.7 Å². The highest BCUT2D eigenvalue weighted by Gasteiger charge is 2.21. The second kappa shape index (κ2) is 8.76. The average Bonchev–Trinajstić information content (AvgIpc) is 3.28. The van der Waals surface area contributed by atoms with Gasteiger partial charge in [0.1, 0.15) is 0 Å². The molecule has 2 aromatic carbocycles. The standard InChI is InChI=1S/C24H18ClN5O3/c25-17-3-6-19-20(10-17)29-21(31)9-16-12-27-24(30-22(16)19)28-18-4-1-15(2-5-18)23(32)26-11-14-7-8-33-13-14/h1-8,10,12-13H,9,11H2,(H,26,32)(H,29,31)(H,27,28,30). The SMILES string of the molecule is O=C1Cc2cnc(Nc3ccc(C(=O)NCc4ccoc4)cc3)nc2-c2ccc(Cl)cc2N1. The highest BCUT2D eigenvalue weighted by Crippen LogP contribution is 2.34. The lowest BCUT2D eigenvalue weighted by Gasteiger charge is -2.11. The fourth-order valence-corrected chi connectivity index (χ4v) is 3.71. The fourth-order valence-electron chi connectivity index (χ4n) is 3.54. The van der Waals surface area contributed by atoms with Crippen molar-refractivity contribution in [1.82, 2.24) is 15.3 Å². The molecule has 9 heteroatoms. The summed E-state index contributed by atoms with van der Waals surface area (Å²) in [6, 6.07) is 14.1. The molecule has 4 aromatic rings. The Morgan fingerprint density at radius 3 is 2.79 bits per heavy atom. The van der Waals surface area contributed by atoms with Crippen LogP contribution < -0.4 is 16.0 Å². The van der Waals surface area contributed by atoms with Crippen molar-refractivity contribution in [3.63, 3.8) is 0 Å². The van der Waals surface area contributed by atoms with Crippen molar-refractivity contribution >= 4 is 40.7 Å². The monoisotopic (exact) mass is 459 g/mol. The molecule has 3 heterocycles. The summed E-state index contributed by atoms with van der Waals surface area (Å²) < 4.78 is 5.00. The normalized spacial score (nSPS) is 12.2. The Morgan fingerprint density at radius 1 is 1.15 bits per heavy atom. The van der Waals surface area contributed by atoms with Crippen molar-refractivity contribution in [3.05, 3.63) is 89.0 Å². The molecule has 0 unspecified atom stereocenters. The largest absolute Gasteiger partial charge is 0.472 e. The maximum absolute atomic E-state index is 12.3. The molecule has 0 saturated heterocycles. The predicted octanol–water partition coefficient (Wildman–Crippen LogP) is 4.56. The molecule has 2 aromatic heterocycles. The summed E-state index contributed by atoms with van der Waals surface area (Å²) in [5, 5.41) is 9.38. The van der Waals surface area contributed by atoms with Gasteiger partial charge in [-0.05, 0) is 48.5 Å². The van der Waals surface area contributed by atoms with Crippen LogP contribution in [0.4, 0.5) is 17.3 Å². The topological polar surface area (TPSA) is 109 Å². The first-order chi connectivity index (χ1) is 16.0. The van der Waals surface area contributed by atoms with Gasteiger partial charge in [-0.15, -0.1) is 0 Å². The van der Waals surface area contributed by atoms with Crippen LogP contribution in [0.1, 0.15) is 21.5 Å². The number of nitrogens with zero attached hydrogens (tertiary/aromatic N) is 2. The van der Waals surface area contributed by atoms with Gasteiger partial charge in [0.25, 0.3) is 5.91 Å². The van der Waals surface area contributed by atoms with Gasteiger partial charge < -0.3 is 20.4 Å². The predicted molar refractivity (Wildman–Crippen MR) is 124 cm³/mol. The lowest BCUT2D eigenvalue weighted by atomic mass is 10.1. The number of aromatic nitrogens is 2. The van der Waals surface area contributed by atoms with Crippen LogP contribution in [0.3, 0.4) is 0 Å². The van der Waals surface area contributed by atoms with Gasteiger partial charge in [-0.25, -0.2) is 9.97 Å². The molecule has 8 nitrogen and oxygen atoms in total. The third kappa shape index (κ3) is 4.56. The summed E-state index contributed by atoms with van der Waals surface area (Å²) >= 11 is 6.09. The smallest absolute Gasteiger partial charge is 0.251 e. The zero-order valence-electron chi connectivity index (χ0n) is 17.3. The molecular weight excluding hydrogens is 442 g/mol. The molecule has 1 aliphatic rings. The number of rotatable bonds is 5. The Kier molecular flexibility index (Phi) is 5.50. The van der Waals surface area contributed by atoms with Gasteiger partial charge in [-0.1, -0.05) is 11.6 Å². The van der Waals surface area contributed by atoms with E-state index in [0.717, 1.165) is 22.4 Å². The number of anilines is 3. The molecule has 0 bridgehead atoms. The number of hydrogen-bond acceptors (Lipinski definition) is 6. The minimum atomic E-state index is -0.184. The molecule has 1 aliphatic heterocycles. The van der Waals surface area contributed by atoms with E-state index in [4.69, 9.17) is 16.0 Å². The van der Waals surface area contributed by atoms with Crippen LogP contribution >= 0.6 is 11.6 Å². The molecule has 3 N–H and O–H groups in total. The molecule has 0 radical (unpaired) electrons. The van der Waals surface area contributed by atoms with Crippen LogP contribution in [0, 0.1) is 0 Å². The molecular formula is C24H18ClN5O3. The maximum Gasteiger partial charge on any atom is 0.251 e. The Hall–Kier alpha value is -4.17. The number of carbonyl (C=O) groups excluding carboxylic acids is 2. The van der Waals surface area contributed by atoms with Gasteiger partial charge in [0.15, 0.2) is 0 Å². The van der Waals surface area contributed by atoms with E-state index < -0.39 is 0 Å². The number of benzene rings is 2. The van der Waals surface area contributed by atoms with Gasteiger partial charge >= 0.3 is 0 Å². The molecule has 33 heavy (non-hydrogen) atoms. The highest BCUT2D eigenvalue weighted by atomic mass is 35.5. The van der Waals surface area contributed by atoms with Crippen molar-refractivity contribution in [1.29, 1.82) is 0 Å². The number of carbonyl (C=O) groups is 2. The number of halogens is 1. The summed E-state index contributed by atoms with van der Waals surface area (Å²) in [5.41, 5.74) is 4.92. The van der Waals surface area contributed by atoms with Gasteiger partial charge in [0.2, 0.25) is 11.9 Å². The highest BCUT2D eigenvalue weighted by molar-refractivity contribution is 6.31. The van der Waals surface area contributed by atoms with E-state index in [0.29, 0.717) is 34.5 Å². The Labute approximate surface area is 194 Å². The first-order valence-electron chi connectivity index (χ1n) is 10.2. The van der Waals surface area contributed by atoms with E-state index in [1.807, 2.05) is 6.07 Å². The summed E-state index contributed by atoms with van der Waals surface area (Å²) in [4.78, 5) is 33.6. The quantitative estimate of drug-likeness (QED) is 0.403. The lowest BCUT2D eigenvalue weighted by molar-refractivity contribution is -0.115. The fraction of sp³-hybridized carbons (Fsp3) is 0.0833. The van der Waals surface area contributed by atoms with Crippen LogP contribution in [0.15, 0.2) is 71.7 Å². The van der Waals surface area contributed by atoms with Gasteiger partial charge in [0.05, 0.1) is 30.3 Å². The lowest BCUT2D eigenvalue weighted by Crippen LogP contribution is -2.22. The average molecular weight is 460 g/mol. The van der Waals surface area contributed by atoms with E-state index in [-0.39, 0.29) is 18.2 Å². The number of furan rings is 1.